The molecular formula is C25H30N2OS. The molecule has 0 aliphatic heterocycles. The van der Waals surface area contributed by atoms with Crippen molar-refractivity contribution in [3.63, 3.8) is 0 Å². The van der Waals surface area contributed by atoms with E-state index in [0.717, 1.165) is 29.3 Å². The predicted octanol–water partition coefficient (Wildman–Crippen LogP) is 6.88. The van der Waals surface area contributed by atoms with Gasteiger partial charge in [-0.15, -0.1) is 0 Å². The normalized spacial score (nSPS) is 11.4. The second kappa shape index (κ2) is 11.4. The van der Waals surface area contributed by atoms with Gasteiger partial charge < -0.3 is 0 Å². The van der Waals surface area contributed by atoms with E-state index in [2.05, 4.69) is 19.6 Å². The molecule has 1 atom stereocenters. The third-order valence-electron chi connectivity index (χ3n) is 4.86. The average Bonchev–Trinajstić information content (AvgIpc) is 3.21. The van der Waals surface area contributed by atoms with Gasteiger partial charge in [-0.25, -0.2) is 4.21 Å². The Morgan fingerprint density at radius 2 is 1.86 bits per heavy atom. The maximum atomic E-state index is 13.2. The lowest BCUT2D eigenvalue weighted by Gasteiger charge is -2.11. The van der Waals surface area contributed by atoms with Gasteiger partial charge in [-0.3, -0.25) is 3.97 Å². The number of nitriles is 1. The van der Waals surface area contributed by atoms with Crippen molar-refractivity contribution in [1.29, 1.82) is 5.26 Å². The predicted molar refractivity (Wildman–Crippen MR) is 124 cm³/mol. The summed E-state index contributed by atoms with van der Waals surface area (Å²) in [5.74, 6) is 0. The Morgan fingerprint density at radius 3 is 2.55 bits per heavy atom. The van der Waals surface area contributed by atoms with Crippen molar-refractivity contribution in [2.45, 2.75) is 57.8 Å². The van der Waals surface area contributed by atoms with Crippen LogP contribution >= 0.6 is 0 Å². The van der Waals surface area contributed by atoms with E-state index in [-0.39, 0.29) is 0 Å². The number of benzene rings is 2. The molecule has 0 fully saturated rings. The first-order valence-electron chi connectivity index (χ1n) is 10.4. The molecule has 1 aromatic heterocycles. The summed E-state index contributed by atoms with van der Waals surface area (Å²) < 4.78 is 14.9. The van der Waals surface area contributed by atoms with Crippen molar-refractivity contribution in [1.82, 2.24) is 3.97 Å². The van der Waals surface area contributed by atoms with Crippen LogP contribution in [0, 0.1) is 11.3 Å². The highest BCUT2D eigenvalue weighted by Gasteiger charge is 2.16. The summed E-state index contributed by atoms with van der Waals surface area (Å²) in [5, 5.41) is 10.4. The van der Waals surface area contributed by atoms with E-state index in [4.69, 9.17) is 0 Å². The molecule has 0 aliphatic carbocycles. The summed E-state index contributed by atoms with van der Waals surface area (Å²) in [6.07, 6.45) is 9.56. The highest BCUT2D eigenvalue weighted by Crippen LogP contribution is 2.28. The quantitative estimate of drug-likeness (QED) is 0.383. The van der Waals surface area contributed by atoms with Gasteiger partial charge in [0.05, 0.1) is 16.0 Å². The second-order valence-electron chi connectivity index (χ2n) is 6.58. The van der Waals surface area contributed by atoms with Crippen molar-refractivity contribution in [2.24, 2.45) is 0 Å². The number of rotatable bonds is 8. The van der Waals surface area contributed by atoms with Crippen LogP contribution in [0.1, 0.15) is 63.1 Å². The molecule has 0 saturated heterocycles. The first-order valence-corrected chi connectivity index (χ1v) is 11.5. The lowest BCUT2D eigenvalue weighted by atomic mass is 9.97. The van der Waals surface area contributed by atoms with Crippen LogP contribution in [0.4, 0.5) is 0 Å². The Hall–Kier alpha value is -2.64. The van der Waals surface area contributed by atoms with Crippen LogP contribution in [0.5, 0.6) is 0 Å². The maximum Gasteiger partial charge on any atom is 0.158 e. The largest absolute Gasteiger partial charge is 0.263 e. The second-order valence-corrected chi connectivity index (χ2v) is 7.91. The number of hydrogen-bond donors (Lipinski definition) is 0. The van der Waals surface area contributed by atoms with Crippen LogP contribution < -0.4 is 0 Å². The molecule has 0 N–H and O–H groups in total. The molecule has 4 heteroatoms. The van der Waals surface area contributed by atoms with Crippen LogP contribution in [-0.4, -0.2) is 8.18 Å². The fraction of sp³-hybridized carbons (Fsp3) is 0.320. The van der Waals surface area contributed by atoms with Gasteiger partial charge in [0.2, 0.25) is 0 Å². The molecule has 152 valence electrons. The average molecular weight is 407 g/mol. The highest BCUT2D eigenvalue weighted by molar-refractivity contribution is 7.83. The SMILES string of the molecule is C=Cc1ccc2c(ccn2S(=O)c2ccccc2C#N)c1CCCCCC.CC. The minimum Gasteiger partial charge on any atom is -0.263 e. The molecule has 2 aromatic carbocycles. The van der Waals surface area contributed by atoms with Gasteiger partial charge in [0.25, 0.3) is 0 Å². The molecular weight excluding hydrogens is 376 g/mol. The van der Waals surface area contributed by atoms with Gasteiger partial charge in [-0.05, 0) is 48.2 Å². The van der Waals surface area contributed by atoms with E-state index in [1.54, 1.807) is 22.2 Å². The summed E-state index contributed by atoms with van der Waals surface area (Å²) in [4.78, 5) is 0.537. The smallest absolute Gasteiger partial charge is 0.158 e. The molecule has 3 nitrogen and oxygen atoms in total. The summed E-state index contributed by atoms with van der Waals surface area (Å²) in [6, 6.07) is 15.3. The monoisotopic (exact) mass is 406 g/mol. The Bertz CT molecular complexity index is 1030. The van der Waals surface area contributed by atoms with Crippen LogP contribution in [0.15, 0.2) is 60.1 Å². The van der Waals surface area contributed by atoms with Crippen molar-refractivity contribution < 1.29 is 4.21 Å². The van der Waals surface area contributed by atoms with Crippen molar-refractivity contribution in [3.05, 3.63) is 71.9 Å². The third kappa shape index (κ3) is 5.05. The Balaban J connectivity index is 0.00000145. The molecule has 1 unspecified atom stereocenters. The molecule has 29 heavy (non-hydrogen) atoms. The van der Waals surface area contributed by atoms with Crippen LogP contribution in [0.2, 0.25) is 0 Å². The summed E-state index contributed by atoms with van der Waals surface area (Å²) in [5.41, 5.74) is 3.78. The van der Waals surface area contributed by atoms with Crippen molar-refractivity contribution in [3.8, 4) is 6.07 Å². The van der Waals surface area contributed by atoms with Gasteiger partial charge in [0.1, 0.15) is 6.07 Å². The molecule has 0 spiro atoms. The summed E-state index contributed by atoms with van der Waals surface area (Å²) >= 11 is 0. The zero-order valence-corrected chi connectivity index (χ0v) is 18.5. The Morgan fingerprint density at radius 1 is 1.10 bits per heavy atom. The lowest BCUT2D eigenvalue weighted by molar-refractivity contribution is 0.668. The van der Waals surface area contributed by atoms with Crippen LogP contribution in [0.3, 0.4) is 0 Å². The van der Waals surface area contributed by atoms with E-state index in [1.165, 1.54) is 24.8 Å². The topological polar surface area (TPSA) is 45.8 Å². The Kier molecular flexibility index (Phi) is 8.89. The minimum absolute atomic E-state index is 0.445. The Labute approximate surface area is 177 Å². The van der Waals surface area contributed by atoms with E-state index < -0.39 is 11.0 Å². The number of unbranched alkanes of at least 4 members (excludes halogenated alkanes) is 3. The van der Waals surface area contributed by atoms with E-state index in [0.29, 0.717) is 10.5 Å². The lowest BCUT2D eigenvalue weighted by Crippen LogP contribution is -2.05. The van der Waals surface area contributed by atoms with E-state index >= 15 is 0 Å². The van der Waals surface area contributed by atoms with E-state index in [1.807, 2.05) is 50.4 Å². The summed E-state index contributed by atoms with van der Waals surface area (Å²) in [6.45, 7) is 10.2. The summed E-state index contributed by atoms with van der Waals surface area (Å²) in [7, 11) is -1.46. The van der Waals surface area contributed by atoms with Gasteiger partial charge in [-0.1, -0.05) is 70.9 Å². The molecule has 0 saturated carbocycles. The zero-order chi connectivity index (χ0) is 21.2. The molecule has 1 heterocycles. The first-order chi connectivity index (χ1) is 14.2. The molecule has 3 rings (SSSR count). The van der Waals surface area contributed by atoms with Crippen molar-refractivity contribution >= 4 is 28.0 Å². The van der Waals surface area contributed by atoms with Crippen molar-refractivity contribution in [2.75, 3.05) is 0 Å². The molecule has 0 amide bonds. The molecule has 0 bridgehead atoms. The number of fused-ring (bicyclic) bond motifs is 1. The van der Waals surface area contributed by atoms with Gasteiger partial charge in [-0.2, -0.15) is 5.26 Å². The van der Waals surface area contributed by atoms with Gasteiger partial charge in [0, 0.05) is 11.6 Å². The molecule has 3 aromatic rings. The zero-order valence-electron chi connectivity index (χ0n) is 17.6. The minimum atomic E-state index is -1.46. The van der Waals surface area contributed by atoms with Crippen LogP contribution in [-0.2, 0) is 17.4 Å². The number of aryl methyl sites for hydroxylation is 1. The number of nitrogens with zero attached hydrogens (tertiary/aromatic N) is 2. The third-order valence-corrected chi connectivity index (χ3v) is 6.27. The number of aromatic nitrogens is 1. The maximum absolute atomic E-state index is 13.2. The molecule has 0 radical (unpaired) electrons. The van der Waals surface area contributed by atoms with E-state index in [9.17, 15) is 9.47 Å². The van der Waals surface area contributed by atoms with Crippen LogP contribution in [0.25, 0.3) is 17.0 Å². The standard InChI is InChI=1S/C23H24N2OS.C2H6/c1-3-5-6-7-11-20-18(4-2)13-14-22-21(20)15-16-25(22)27(26)23-12-9-8-10-19(23)17-24;1-2/h4,8-10,12-16H,2-3,5-7,11H2,1H3;1-2H3. The first kappa shape index (κ1) is 22.6. The molecule has 0 aliphatic rings. The van der Waals surface area contributed by atoms with Gasteiger partial charge in [0.15, 0.2) is 11.0 Å². The van der Waals surface area contributed by atoms with Gasteiger partial charge >= 0.3 is 0 Å². The fourth-order valence-electron chi connectivity index (χ4n) is 3.43. The number of hydrogen-bond acceptors (Lipinski definition) is 2. The fourth-order valence-corrected chi connectivity index (χ4v) is 4.65. The highest BCUT2D eigenvalue weighted by atomic mass is 32.2.